The largest absolute Gasteiger partial charge is 0.354 e. The van der Waals surface area contributed by atoms with Crippen molar-refractivity contribution in [1.82, 2.24) is 10.6 Å². The summed E-state index contributed by atoms with van der Waals surface area (Å²) in [7, 11) is -3.77. The molecule has 0 spiro atoms. The summed E-state index contributed by atoms with van der Waals surface area (Å²) in [6.07, 6.45) is 4.60. The molecule has 1 aliphatic carbocycles. The van der Waals surface area contributed by atoms with Gasteiger partial charge in [0.25, 0.3) is 0 Å². The summed E-state index contributed by atoms with van der Waals surface area (Å²) in [4.78, 5) is 12.4. The number of sulfone groups is 1. The van der Waals surface area contributed by atoms with E-state index in [1.165, 1.54) is 18.2 Å². The van der Waals surface area contributed by atoms with E-state index in [4.69, 9.17) is 0 Å². The molecule has 1 saturated heterocycles. The highest BCUT2D eigenvalue weighted by atomic mass is 32.2. The van der Waals surface area contributed by atoms with Crippen LogP contribution in [-0.2, 0) is 21.1 Å². The van der Waals surface area contributed by atoms with Crippen molar-refractivity contribution in [2.24, 2.45) is 0 Å². The third-order valence-corrected chi connectivity index (χ3v) is 7.62. The summed E-state index contributed by atoms with van der Waals surface area (Å²) in [6.45, 7) is 1.44. The predicted molar refractivity (Wildman–Crippen MR) is 108 cm³/mol. The Bertz CT molecular complexity index is 1020. The quantitative estimate of drug-likeness (QED) is 0.786. The molecule has 0 saturated carbocycles. The van der Waals surface area contributed by atoms with E-state index < -0.39 is 15.7 Å². The van der Waals surface area contributed by atoms with Gasteiger partial charge < -0.3 is 10.6 Å². The van der Waals surface area contributed by atoms with Crippen molar-refractivity contribution in [2.45, 2.75) is 53.9 Å². The highest BCUT2D eigenvalue weighted by Gasteiger charge is 2.26. The third kappa shape index (κ3) is 4.21. The van der Waals surface area contributed by atoms with E-state index in [2.05, 4.69) is 10.6 Å². The Morgan fingerprint density at radius 3 is 2.69 bits per heavy atom. The first-order chi connectivity index (χ1) is 13.9. The van der Waals surface area contributed by atoms with Crippen molar-refractivity contribution in [1.29, 1.82) is 0 Å². The SMILES string of the molecule is O=C(NCC1CCCc2cc(S(=O)(=O)c3cccc(F)c3)ccc21)[C@H]1CCCN1. The maximum absolute atomic E-state index is 13.5. The van der Waals surface area contributed by atoms with Crippen LogP contribution in [-0.4, -0.2) is 33.5 Å². The first-order valence-electron chi connectivity index (χ1n) is 10.1. The van der Waals surface area contributed by atoms with Crippen LogP contribution in [0.3, 0.4) is 0 Å². The van der Waals surface area contributed by atoms with Crippen LogP contribution in [0.15, 0.2) is 52.3 Å². The second kappa shape index (κ2) is 8.24. The van der Waals surface area contributed by atoms with E-state index >= 15 is 0 Å². The zero-order valence-electron chi connectivity index (χ0n) is 16.2. The number of fused-ring (bicyclic) bond motifs is 1. The van der Waals surface area contributed by atoms with E-state index in [1.54, 1.807) is 12.1 Å². The van der Waals surface area contributed by atoms with E-state index in [9.17, 15) is 17.6 Å². The van der Waals surface area contributed by atoms with Crippen molar-refractivity contribution in [3.05, 3.63) is 59.4 Å². The van der Waals surface area contributed by atoms with Crippen molar-refractivity contribution in [3.8, 4) is 0 Å². The number of carbonyl (C=O) groups excluding carboxylic acids is 1. The third-order valence-electron chi connectivity index (χ3n) is 5.87. The molecule has 7 heteroatoms. The monoisotopic (exact) mass is 416 g/mol. The van der Waals surface area contributed by atoms with Crippen molar-refractivity contribution in [3.63, 3.8) is 0 Å². The molecular formula is C22H25FN2O3S. The first kappa shape index (κ1) is 20.0. The van der Waals surface area contributed by atoms with Gasteiger partial charge in [0.1, 0.15) is 5.82 Å². The molecule has 2 aromatic carbocycles. The van der Waals surface area contributed by atoms with Crippen LogP contribution >= 0.6 is 0 Å². The molecule has 1 amide bonds. The molecule has 1 unspecified atom stereocenters. The molecule has 0 bridgehead atoms. The highest BCUT2D eigenvalue weighted by Crippen LogP contribution is 2.34. The number of benzene rings is 2. The molecule has 2 atom stereocenters. The minimum atomic E-state index is -3.77. The molecular weight excluding hydrogens is 391 g/mol. The number of hydrogen-bond acceptors (Lipinski definition) is 4. The van der Waals surface area contributed by atoms with Gasteiger partial charge in [0.2, 0.25) is 15.7 Å². The Morgan fingerprint density at radius 2 is 1.93 bits per heavy atom. The number of halogens is 1. The zero-order chi connectivity index (χ0) is 20.4. The Kier molecular flexibility index (Phi) is 5.69. The number of carbonyl (C=O) groups is 1. The topological polar surface area (TPSA) is 75.3 Å². The molecule has 5 nitrogen and oxygen atoms in total. The van der Waals surface area contributed by atoms with Gasteiger partial charge in [0.15, 0.2) is 0 Å². The van der Waals surface area contributed by atoms with Crippen molar-refractivity contribution < 1.29 is 17.6 Å². The average Bonchev–Trinajstić information content (AvgIpc) is 3.26. The second-order valence-corrected chi connectivity index (χ2v) is 9.75. The van der Waals surface area contributed by atoms with Crippen LogP contribution in [0.1, 0.15) is 42.7 Å². The maximum atomic E-state index is 13.5. The lowest BCUT2D eigenvalue weighted by atomic mass is 9.83. The molecule has 1 fully saturated rings. The van der Waals surface area contributed by atoms with E-state index in [-0.39, 0.29) is 27.7 Å². The Morgan fingerprint density at radius 1 is 1.10 bits per heavy atom. The lowest BCUT2D eigenvalue weighted by Gasteiger charge is -2.27. The first-order valence-corrected chi connectivity index (χ1v) is 11.6. The minimum Gasteiger partial charge on any atom is -0.354 e. The van der Waals surface area contributed by atoms with Gasteiger partial charge in [0, 0.05) is 12.5 Å². The molecule has 1 aliphatic heterocycles. The summed E-state index contributed by atoms with van der Waals surface area (Å²) in [5.74, 6) is -0.355. The second-order valence-electron chi connectivity index (χ2n) is 7.80. The standard InChI is InChI=1S/C22H25FN2O3S/c23-17-6-2-7-18(13-17)29(27,28)19-9-10-20-15(12-19)4-1-5-16(20)14-25-22(26)21-8-3-11-24-21/h2,6-7,9-10,12-13,16,21,24H,1,3-5,8,11,14H2,(H,25,26)/t16?,21-/m1/s1. The van der Waals surface area contributed by atoms with Crippen LogP contribution in [0.2, 0.25) is 0 Å². The Labute approximate surface area is 170 Å². The van der Waals surface area contributed by atoms with Gasteiger partial charge in [0.05, 0.1) is 15.8 Å². The molecule has 2 aliphatic rings. The van der Waals surface area contributed by atoms with Crippen molar-refractivity contribution in [2.75, 3.05) is 13.1 Å². The van der Waals surface area contributed by atoms with E-state index in [1.807, 2.05) is 6.07 Å². The number of hydrogen-bond donors (Lipinski definition) is 2. The molecule has 29 heavy (non-hydrogen) atoms. The fraction of sp³-hybridized carbons (Fsp3) is 0.409. The molecule has 1 heterocycles. The maximum Gasteiger partial charge on any atom is 0.237 e. The summed E-state index contributed by atoms with van der Waals surface area (Å²) in [5, 5.41) is 6.25. The molecule has 0 aromatic heterocycles. The summed E-state index contributed by atoms with van der Waals surface area (Å²) in [6, 6.07) is 10.1. The van der Waals surface area contributed by atoms with Gasteiger partial charge in [-0.25, -0.2) is 12.8 Å². The zero-order valence-corrected chi connectivity index (χ0v) is 17.0. The van der Waals surface area contributed by atoms with Gasteiger partial charge in [-0.1, -0.05) is 12.1 Å². The number of amides is 1. The summed E-state index contributed by atoms with van der Waals surface area (Å²) >= 11 is 0. The van der Waals surface area contributed by atoms with Crippen molar-refractivity contribution >= 4 is 15.7 Å². The van der Waals surface area contributed by atoms with Gasteiger partial charge in [-0.15, -0.1) is 0 Å². The van der Waals surface area contributed by atoms with Crippen LogP contribution < -0.4 is 10.6 Å². The highest BCUT2D eigenvalue weighted by molar-refractivity contribution is 7.91. The predicted octanol–water partition coefficient (Wildman–Crippen LogP) is 2.95. The fourth-order valence-electron chi connectivity index (χ4n) is 4.30. The number of rotatable bonds is 5. The smallest absolute Gasteiger partial charge is 0.237 e. The average molecular weight is 417 g/mol. The van der Waals surface area contributed by atoms with Crippen LogP contribution in [0.5, 0.6) is 0 Å². The molecule has 4 rings (SSSR count). The normalized spacial score (nSPS) is 21.6. The molecule has 154 valence electrons. The molecule has 2 N–H and O–H groups in total. The Hall–Kier alpha value is -2.25. The van der Waals surface area contributed by atoms with E-state index in [0.29, 0.717) is 6.54 Å². The molecule has 0 radical (unpaired) electrons. The van der Waals surface area contributed by atoms with E-state index in [0.717, 1.165) is 55.8 Å². The van der Waals surface area contributed by atoms with Crippen LogP contribution in [0.25, 0.3) is 0 Å². The Balaban J connectivity index is 1.53. The fourth-order valence-corrected chi connectivity index (χ4v) is 5.64. The van der Waals surface area contributed by atoms with Gasteiger partial charge in [-0.2, -0.15) is 0 Å². The van der Waals surface area contributed by atoms with Crippen LogP contribution in [0.4, 0.5) is 4.39 Å². The summed E-state index contributed by atoms with van der Waals surface area (Å²) < 4.78 is 39.3. The van der Waals surface area contributed by atoms with Gasteiger partial charge in [-0.3, -0.25) is 4.79 Å². The minimum absolute atomic E-state index is 0.0406. The number of nitrogens with one attached hydrogen (secondary N) is 2. The van der Waals surface area contributed by atoms with Gasteiger partial charge >= 0.3 is 0 Å². The molecule has 2 aromatic rings. The van der Waals surface area contributed by atoms with Gasteiger partial charge in [-0.05, 0) is 80.1 Å². The lowest BCUT2D eigenvalue weighted by molar-refractivity contribution is -0.122. The summed E-state index contributed by atoms with van der Waals surface area (Å²) in [5.41, 5.74) is 2.08. The van der Waals surface area contributed by atoms with Crippen LogP contribution in [0, 0.1) is 5.82 Å². The number of aryl methyl sites for hydroxylation is 1. The lowest BCUT2D eigenvalue weighted by Crippen LogP contribution is -2.42.